The summed E-state index contributed by atoms with van der Waals surface area (Å²) in [5, 5.41) is 9.84. The Kier molecular flexibility index (Phi) is 2.73. The fraction of sp³-hybridized carbons (Fsp3) is 0.143. The van der Waals surface area contributed by atoms with E-state index in [2.05, 4.69) is 25.5 Å². The Labute approximate surface area is 91.9 Å². The van der Waals surface area contributed by atoms with E-state index < -0.39 is 0 Å². The van der Waals surface area contributed by atoms with Gasteiger partial charge in [0.25, 0.3) is 0 Å². The minimum Gasteiger partial charge on any atom is -0.319 e. The second-order valence-electron chi connectivity index (χ2n) is 2.48. The Morgan fingerprint density at radius 2 is 2.23 bits per heavy atom. The summed E-state index contributed by atoms with van der Waals surface area (Å²) in [6.45, 7) is 0. The normalized spacial score (nSPS) is 13.1. The molecule has 0 aliphatic carbocycles. The number of nitrogens with two attached hydrogens (primary N) is 1. The summed E-state index contributed by atoms with van der Waals surface area (Å²) < 4.78 is 4.82. The molecule has 2 N–H and O–H groups in total. The molecule has 2 heterocycles. The van der Waals surface area contributed by atoms with Crippen molar-refractivity contribution in [2.75, 3.05) is 0 Å². The zero-order valence-corrected chi connectivity index (χ0v) is 9.69. The maximum atomic E-state index is 5.99. The second-order valence-corrected chi connectivity index (χ2v) is 4.69. The van der Waals surface area contributed by atoms with Gasteiger partial charge < -0.3 is 5.73 Å². The molecule has 0 aliphatic rings. The van der Waals surface area contributed by atoms with E-state index in [-0.39, 0.29) is 6.04 Å². The number of hydrogen-bond donors (Lipinski definition) is 1. The van der Waals surface area contributed by atoms with Gasteiger partial charge in [-0.3, -0.25) is 0 Å². The van der Waals surface area contributed by atoms with Gasteiger partial charge in [0, 0.05) is 15.2 Å². The van der Waals surface area contributed by atoms with Gasteiger partial charge in [0.05, 0.1) is 11.7 Å². The van der Waals surface area contributed by atoms with E-state index in [0.29, 0.717) is 0 Å². The van der Waals surface area contributed by atoms with Gasteiger partial charge in [0.1, 0.15) is 0 Å². The van der Waals surface area contributed by atoms with E-state index in [9.17, 15) is 0 Å². The number of hydrogen-bond acceptors (Lipinski definition) is 5. The molecule has 0 saturated carbocycles. The molecule has 2 aromatic rings. The lowest BCUT2D eigenvalue weighted by molar-refractivity contribution is 0.818. The highest BCUT2D eigenvalue weighted by molar-refractivity contribution is 9.10. The summed E-state index contributed by atoms with van der Waals surface area (Å²) in [5.74, 6) is 0. The van der Waals surface area contributed by atoms with Crippen LogP contribution in [0.4, 0.5) is 0 Å². The summed E-state index contributed by atoms with van der Waals surface area (Å²) in [7, 11) is 0. The van der Waals surface area contributed by atoms with E-state index in [1.54, 1.807) is 11.3 Å². The maximum Gasteiger partial charge on any atom is 0.0968 e. The van der Waals surface area contributed by atoms with Crippen LogP contribution in [0.1, 0.15) is 17.3 Å². The lowest BCUT2D eigenvalue weighted by Crippen LogP contribution is -2.11. The molecular formula is C7H6BrN3S2. The van der Waals surface area contributed by atoms with Crippen LogP contribution in [-0.4, -0.2) is 9.59 Å². The van der Waals surface area contributed by atoms with Gasteiger partial charge in [0.2, 0.25) is 0 Å². The van der Waals surface area contributed by atoms with Crippen molar-refractivity contribution >= 4 is 38.8 Å². The molecule has 0 fully saturated rings. The Morgan fingerprint density at radius 3 is 2.77 bits per heavy atom. The van der Waals surface area contributed by atoms with Gasteiger partial charge in [-0.2, -0.15) is 11.3 Å². The first-order valence-corrected chi connectivity index (χ1v) is 6.10. The summed E-state index contributed by atoms with van der Waals surface area (Å²) in [5.41, 5.74) is 7.88. The second kappa shape index (κ2) is 3.83. The van der Waals surface area contributed by atoms with Crippen LogP contribution >= 0.6 is 38.8 Å². The third kappa shape index (κ3) is 1.80. The molecule has 13 heavy (non-hydrogen) atoms. The van der Waals surface area contributed by atoms with Crippen LogP contribution in [0.15, 0.2) is 20.6 Å². The summed E-state index contributed by atoms with van der Waals surface area (Å²) in [6, 6.07) is -0.167. The topological polar surface area (TPSA) is 51.8 Å². The van der Waals surface area contributed by atoms with E-state index in [0.717, 1.165) is 15.7 Å². The summed E-state index contributed by atoms with van der Waals surface area (Å²) >= 11 is 6.38. The van der Waals surface area contributed by atoms with Crippen molar-refractivity contribution in [2.45, 2.75) is 6.04 Å². The minimum absolute atomic E-state index is 0.167. The maximum absolute atomic E-state index is 5.99. The summed E-state index contributed by atoms with van der Waals surface area (Å²) in [6.07, 6.45) is 0. The first-order valence-electron chi connectivity index (χ1n) is 3.53. The molecule has 2 rings (SSSR count). The molecule has 0 radical (unpaired) electrons. The van der Waals surface area contributed by atoms with Gasteiger partial charge >= 0.3 is 0 Å². The summed E-state index contributed by atoms with van der Waals surface area (Å²) in [4.78, 5) is 0. The molecule has 2 aromatic heterocycles. The highest BCUT2D eigenvalue weighted by Crippen LogP contribution is 2.29. The minimum atomic E-state index is -0.167. The van der Waals surface area contributed by atoms with Crippen molar-refractivity contribution in [3.8, 4) is 0 Å². The lowest BCUT2D eigenvalue weighted by atomic mass is 10.1. The molecule has 1 unspecified atom stereocenters. The van der Waals surface area contributed by atoms with Gasteiger partial charge in [-0.05, 0) is 38.4 Å². The molecule has 6 heteroatoms. The Morgan fingerprint density at radius 1 is 1.38 bits per heavy atom. The number of rotatable bonds is 2. The molecule has 3 nitrogen and oxygen atoms in total. The van der Waals surface area contributed by atoms with E-state index in [4.69, 9.17) is 5.73 Å². The van der Waals surface area contributed by atoms with E-state index in [1.807, 2.05) is 16.1 Å². The van der Waals surface area contributed by atoms with Crippen molar-refractivity contribution in [3.05, 3.63) is 31.9 Å². The third-order valence-corrected chi connectivity index (χ3v) is 3.95. The van der Waals surface area contributed by atoms with Crippen LogP contribution in [0, 0.1) is 0 Å². The van der Waals surface area contributed by atoms with E-state index >= 15 is 0 Å². The number of thiophene rings is 1. The average molecular weight is 276 g/mol. The highest BCUT2D eigenvalue weighted by atomic mass is 79.9. The van der Waals surface area contributed by atoms with Crippen LogP contribution in [0.3, 0.4) is 0 Å². The zero-order valence-electron chi connectivity index (χ0n) is 6.48. The lowest BCUT2D eigenvalue weighted by Gasteiger charge is -2.05. The van der Waals surface area contributed by atoms with Crippen LogP contribution in [0.25, 0.3) is 0 Å². The first-order chi connectivity index (χ1) is 6.29. The van der Waals surface area contributed by atoms with Crippen molar-refractivity contribution in [1.29, 1.82) is 0 Å². The number of aromatic nitrogens is 2. The fourth-order valence-corrected chi connectivity index (χ4v) is 3.05. The standard InChI is InChI=1S/C7H6BrN3S2/c8-5-2-12-1-4(5)7(9)6-3-13-11-10-6/h1-3,7H,9H2. The van der Waals surface area contributed by atoms with Gasteiger partial charge in [-0.1, -0.05) is 4.49 Å². The van der Waals surface area contributed by atoms with Gasteiger partial charge in [-0.25, -0.2) is 0 Å². The molecule has 1 atom stereocenters. The van der Waals surface area contributed by atoms with Crippen LogP contribution in [0.2, 0.25) is 0 Å². The zero-order chi connectivity index (χ0) is 9.26. The van der Waals surface area contributed by atoms with Crippen molar-refractivity contribution < 1.29 is 0 Å². The van der Waals surface area contributed by atoms with Gasteiger partial charge in [-0.15, -0.1) is 5.10 Å². The Bertz CT molecular complexity index is 384. The average Bonchev–Trinajstić information content (AvgIpc) is 2.72. The van der Waals surface area contributed by atoms with Crippen molar-refractivity contribution in [2.24, 2.45) is 5.73 Å². The number of halogens is 1. The Hall–Kier alpha value is -0.300. The van der Waals surface area contributed by atoms with Crippen molar-refractivity contribution in [1.82, 2.24) is 9.59 Å². The predicted molar refractivity (Wildman–Crippen MR) is 58.0 cm³/mol. The molecular weight excluding hydrogens is 270 g/mol. The molecule has 0 bridgehead atoms. The van der Waals surface area contributed by atoms with Gasteiger partial charge in [0.15, 0.2) is 0 Å². The SMILES string of the molecule is NC(c1csnn1)c1cscc1Br. The molecule has 0 aliphatic heterocycles. The number of nitrogens with zero attached hydrogens (tertiary/aromatic N) is 2. The largest absolute Gasteiger partial charge is 0.319 e. The van der Waals surface area contributed by atoms with Crippen LogP contribution < -0.4 is 5.73 Å². The molecule has 68 valence electrons. The molecule has 0 saturated heterocycles. The molecule has 0 spiro atoms. The predicted octanol–water partition coefficient (Wildman–Crippen LogP) is 2.41. The fourth-order valence-electron chi connectivity index (χ4n) is 0.980. The third-order valence-electron chi connectivity index (χ3n) is 1.67. The highest BCUT2D eigenvalue weighted by Gasteiger charge is 2.14. The smallest absolute Gasteiger partial charge is 0.0968 e. The van der Waals surface area contributed by atoms with Crippen LogP contribution in [-0.2, 0) is 0 Å². The van der Waals surface area contributed by atoms with Crippen LogP contribution in [0.5, 0.6) is 0 Å². The first kappa shape index (κ1) is 9.26. The molecule has 0 amide bonds. The monoisotopic (exact) mass is 275 g/mol. The van der Waals surface area contributed by atoms with Crippen molar-refractivity contribution in [3.63, 3.8) is 0 Å². The Balaban J connectivity index is 2.33. The van der Waals surface area contributed by atoms with E-state index in [1.165, 1.54) is 11.5 Å². The molecule has 0 aromatic carbocycles. The quantitative estimate of drug-likeness (QED) is 0.916.